The molecular formula is C16H16N2O4S. The van der Waals surface area contributed by atoms with Crippen molar-refractivity contribution in [3.05, 3.63) is 50.8 Å². The average Bonchev–Trinajstić information content (AvgIpc) is 3.08. The van der Waals surface area contributed by atoms with Crippen LogP contribution < -0.4 is 5.56 Å². The molecule has 0 aliphatic heterocycles. The minimum Gasteiger partial charge on any atom is -0.467 e. The van der Waals surface area contributed by atoms with Crippen molar-refractivity contribution in [2.24, 2.45) is 0 Å². The van der Waals surface area contributed by atoms with Crippen LogP contribution in [0.3, 0.4) is 0 Å². The fourth-order valence-corrected chi connectivity index (χ4v) is 3.38. The number of esters is 1. The number of carbonyl (C=O) groups excluding carboxylic acids is 1. The predicted molar refractivity (Wildman–Crippen MR) is 87.1 cm³/mol. The van der Waals surface area contributed by atoms with E-state index in [-0.39, 0.29) is 18.7 Å². The zero-order chi connectivity index (χ0) is 16.6. The van der Waals surface area contributed by atoms with Gasteiger partial charge in [0.15, 0.2) is 0 Å². The quantitative estimate of drug-likeness (QED) is 0.687. The number of thiophene rings is 1. The first-order chi connectivity index (χ1) is 11.0. The lowest BCUT2D eigenvalue weighted by atomic mass is 10.2. The smallest absolute Gasteiger partial charge is 0.341 e. The van der Waals surface area contributed by atoms with Gasteiger partial charge in [0.25, 0.3) is 5.56 Å². The molecule has 3 rings (SSSR count). The van der Waals surface area contributed by atoms with Gasteiger partial charge in [0.2, 0.25) is 0 Å². The Balaban J connectivity index is 2.02. The van der Waals surface area contributed by atoms with Crippen LogP contribution in [-0.4, -0.2) is 22.1 Å². The Labute approximate surface area is 136 Å². The van der Waals surface area contributed by atoms with Crippen LogP contribution >= 0.6 is 11.3 Å². The molecule has 0 bridgehead atoms. The van der Waals surface area contributed by atoms with Gasteiger partial charge in [-0.1, -0.05) is 0 Å². The van der Waals surface area contributed by atoms with Gasteiger partial charge in [0, 0.05) is 4.88 Å². The Morgan fingerprint density at radius 3 is 2.96 bits per heavy atom. The third-order valence-electron chi connectivity index (χ3n) is 3.71. The van der Waals surface area contributed by atoms with Gasteiger partial charge in [-0.3, -0.25) is 9.36 Å². The molecule has 0 aromatic carbocycles. The van der Waals surface area contributed by atoms with Crippen molar-refractivity contribution in [2.75, 3.05) is 6.61 Å². The maximum Gasteiger partial charge on any atom is 0.341 e. The first kappa shape index (κ1) is 15.5. The monoisotopic (exact) mass is 332 g/mol. The second-order valence-corrected chi connectivity index (χ2v) is 6.32. The summed E-state index contributed by atoms with van der Waals surface area (Å²) in [4.78, 5) is 30.7. The predicted octanol–water partition coefficient (Wildman–Crippen LogP) is 2.89. The molecule has 0 unspecified atom stereocenters. The lowest BCUT2D eigenvalue weighted by molar-refractivity contribution is 0.0523. The number of carbonyl (C=O) groups is 1. The van der Waals surface area contributed by atoms with E-state index in [4.69, 9.17) is 9.15 Å². The molecule has 0 amide bonds. The van der Waals surface area contributed by atoms with E-state index < -0.39 is 5.97 Å². The standard InChI is InChI=1S/C16H16N2O4S/c1-4-21-16(20)11-5-6-22-12(11)7-18-8-17-14-13(15(18)19)9(2)10(3)23-14/h5-6,8H,4,7H2,1-3H3. The summed E-state index contributed by atoms with van der Waals surface area (Å²) in [6.07, 6.45) is 2.90. The van der Waals surface area contributed by atoms with E-state index in [1.165, 1.54) is 28.5 Å². The highest BCUT2D eigenvalue weighted by molar-refractivity contribution is 7.18. The van der Waals surface area contributed by atoms with Crippen molar-refractivity contribution in [1.82, 2.24) is 9.55 Å². The van der Waals surface area contributed by atoms with Crippen LogP contribution in [0.5, 0.6) is 0 Å². The molecule has 0 aliphatic rings. The zero-order valence-electron chi connectivity index (χ0n) is 13.1. The lowest BCUT2D eigenvalue weighted by Crippen LogP contribution is -2.22. The van der Waals surface area contributed by atoms with Gasteiger partial charge in [-0.15, -0.1) is 11.3 Å². The maximum atomic E-state index is 12.7. The third kappa shape index (κ3) is 2.68. The Hall–Kier alpha value is -2.41. The summed E-state index contributed by atoms with van der Waals surface area (Å²) in [6, 6.07) is 1.55. The number of ether oxygens (including phenoxy) is 1. The van der Waals surface area contributed by atoms with Crippen LogP contribution in [0.2, 0.25) is 0 Å². The average molecular weight is 332 g/mol. The molecule has 3 heterocycles. The van der Waals surface area contributed by atoms with Crippen LogP contribution in [0.1, 0.15) is 33.5 Å². The van der Waals surface area contributed by atoms with E-state index >= 15 is 0 Å². The van der Waals surface area contributed by atoms with Crippen LogP contribution in [0, 0.1) is 13.8 Å². The number of aromatic nitrogens is 2. The molecule has 7 heteroatoms. The number of aryl methyl sites for hydroxylation is 2. The Bertz CT molecular complexity index is 935. The van der Waals surface area contributed by atoms with Crippen molar-refractivity contribution in [2.45, 2.75) is 27.3 Å². The van der Waals surface area contributed by atoms with E-state index in [0.717, 1.165) is 15.3 Å². The van der Waals surface area contributed by atoms with E-state index in [1.54, 1.807) is 13.0 Å². The van der Waals surface area contributed by atoms with Crippen molar-refractivity contribution >= 4 is 27.5 Å². The van der Waals surface area contributed by atoms with Gasteiger partial charge in [0.05, 0.1) is 31.1 Å². The summed E-state index contributed by atoms with van der Waals surface area (Å²) in [5.41, 5.74) is 1.14. The van der Waals surface area contributed by atoms with Gasteiger partial charge >= 0.3 is 5.97 Å². The number of hydrogen-bond donors (Lipinski definition) is 0. The molecule has 3 aromatic heterocycles. The minimum atomic E-state index is -0.458. The first-order valence-electron chi connectivity index (χ1n) is 7.21. The first-order valence-corrected chi connectivity index (χ1v) is 8.03. The van der Waals surface area contributed by atoms with E-state index in [1.807, 2.05) is 13.8 Å². The van der Waals surface area contributed by atoms with Crippen molar-refractivity contribution < 1.29 is 13.9 Å². The van der Waals surface area contributed by atoms with Crippen molar-refractivity contribution in [3.63, 3.8) is 0 Å². The molecule has 0 spiro atoms. The minimum absolute atomic E-state index is 0.136. The molecule has 0 saturated carbocycles. The summed E-state index contributed by atoms with van der Waals surface area (Å²) < 4.78 is 11.8. The molecule has 3 aromatic rings. The largest absolute Gasteiger partial charge is 0.467 e. The highest BCUT2D eigenvalue weighted by Crippen LogP contribution is 2.25. The fourth-order valence-electron chi connectivity index (χ4n) is 2.39. The highest BCUT2D eigenvalue weighted by atomic mass is 32.1. The summed E-state index contributed by atoms with van der Waals surface area (Å²) in [5, 5.41) is 0.624. The Morgan fingerprint density at radius 1 is 1.43 bits per heavy atom. The Morgan fingerprint density at radius 2 is 2.22 bits per heavy atom. The number of rotatable bonds is 4. The van der Waals surface area contributed by atoms with E-state index in [9.17, 15) is 9.59 Å². The van der Waals surface area contributed by atoms with Crippen LogP contribution in [0.25, 0.3) is 10.2 Å². The maximum absolute atomic E-state index is 12.7. The number of fused-ring (bicyclic) bond motifs is 1. The SMILES string of the molecule is CCOC(=O)c1ccoc1Cn1cnc2sc(C)c(C)c2c1=O. The number of hydrogen-bond acceptors (Lipinski definition) is 6. The lowest BCUT2D eigenvalue weighted by Gasteiger charge is -2.06. The summed E-state index contributed by atoms with van der Waals surface area (Å²) in [7, 11) is 0. The van der Waals surface area contributed by atoms with Crippen molar-refractivity contribution in [3.8, 4) is 0 Å². The van der Waals surface area contributed by atoms with E-state index in [0.29, 0.717) is 16.7 Å². The van der Waals surface area contributed by atoms with Gasteiger partial charge in [-0.25, -0.2) is 9.78 Å². The Kier molecular flexibility index (Phi) is 4.04. The third-order valence-corrected chi connectivity index (χ3v) is 4.83. The highest BCUT2D eigenvalue weighted by Gasteiger charge is 2.18. The number of nitrogens with zero attached hydrogens (tertiary/aromatic N) is 2. The second-order valence-electron chi connectivity index (χ2n) is 5.12. The molecular weight excluding hydrogens is 316 g/mol. The molecule has 6 nitrogen and oxygen atoms in total. The topological polar surface area (TPSA) is 74.3 Å². The van der Waals surface area contributed by atoms with Gasteiger partial charge in [0.1, 0.15) is 16.2 Å². The van der Waals surface area contributed by atoms with Crippen LogP contribution in [0.4, 0.5) is 0 Å². The molecule has 0 saturated heterocycles. The molecule has 0 atom stereocenters. The van der Waals surface area contributed by atoms with Crippen LogP contribution in [0.15, 0.2) is 27.9 Å². The molecule has 0 N–H and O–H groups in total. The summed E-state index contributed by atoms with van der Waals surface area (Å²) in [6.45, 7) is 6.04. The fraction of sp³-hybridized carbons (Fsp3) is 0.312. The number of furan rings is 1. The second kappa shape index (κ2) is 6.00. The molecule has 120 valence electrons. The molecule has 0 aliphatic carbocycles. The molecule has 0 fully saturated rings. The molecule has 0 radical (unpaired) electrons. The zero-order valence-corrected chi connectivity index (χ0v) is 13.9. The van der Waals surface area contributed by atoms with Gasteiger partial charge in [-0.2, -0.15) is 0 Å². The van der Waals surface area contributed by atoms with E-state index in [2.05, 4.69) is 4.98 Å². The van der Waals surface area contributed by atoms with Crippen molar-refractivity contribution in [1.29, 1.82) is 0 Å². The normalized spacial score (nSPS) is 11.1. The van der Waals surface area contributed by atoms with Crippen LogP contribution in [-0.2, 0) is 11.3 Å². The molecule has 23 heavy (non-hydrogen) atoms. The summed E-state index contributed by atoms with van der Waals surface area (Å²) in [5.74, 6) is -0.0720. The van der Waals surface area contributed by atoms with Gasteiger partial charge in [-0.05, 0) is 32.4 Å². The summed E-state index contributed by atoms with van der Waals surface area (Å²) >= 11 is 1.50. The van der Waals surface area contributed by atoms with Gasteiger partial charge < -0.3 is 9.15 Å².